The van der Waals surface area contributed by atoms with Gasteiger partial charge in [0.05, 0.1) is 31.0 Å². The maximum Gasteiger partial charge on any atom is 0.417 e. The first-order chi connectivity index (χ1) is 18.3. The molecule has 1 aromatic heterocycles. The Hall–Kier alpha value is -3.77. The summed E-state index contributed by atoms with van der Waals surface area (Å²) in [5.74, 6) is -4.53. The van der Waals surface area contributed by atoms with E-state index in [2.05, 4.69) is 20.6 Å². The van der Waals surface area contributed by atoms with Crippen molar-refractivity contribution in [2.24, 2.45) is 10.9 Å². The van der Waals surface area contributed by atoms with Gasteiger partial charge >= 0.3 is 6.18 Å². The van der Waals surface area contributed by atoms with Crippen LogP contribution in [0, 0.1) is 11.3 Å². The topological polar surface area (TPSA) is 103 Å². The van der Waals surface area contributed by atoms with Crippen molar-refractivity contribution in [2.75, 3.05) is 27.2 Å². The fraction of sp³-hybridized carbons (Fsp3) is 0.462. The van der Waals surface area contributed by atoms with E-state index in [0.717, 1.165) is 11.0 Å². The molecule has 2 heterocycles. The van der Waals surface area contributed by atoms with Gasteiger partial charge in [-0.05, 0) is 31.9 Å². The molecular formula is C26H33F5N6O2. The number of nitrogens with one attached hydrogen (secondary N) is 3. The van der Waals surface area contributed by atoms with Crippen molar-refractivity contribution in [1.82, 2.24) is 20.5 Å². The largest absolute Gasteiger partial charge is 0.481 e. The van der Waals surface area contributed by atoms with Crippen molar-refractivity contribution in [3.05, 3.63) is 53.6 Å². The number of rotatable bonds is 10. The molecule has 2 rings (SSSR count). The van der Waals surface area contributed by atoms with E-state index in [4.69, 9.17) is 10.1 Å². The summed E-state index contributed by atoms with van der Waals surface area (Å²) in [6.45, 7) is 3.34. The average molecular weight is 557 g/mol. The Morgan fingerprint density at radius 3 is 2.56 bits per heavy atom. The summed E-state index contributed by atoms with van der Waals surface area (Å²) in [5.41, 5.74) is -1.22. The number of nitrogens with zero attached hydrogens (tertiary/aromatic N) is 3. The van der Waals surface area contributed by atoms with E-state index in [9.17, 15) is 26.7 Å². The van der Waals surface area contributed by atoms with Gasteiger partial charge in [0.25, 0.3) is 11.8 Å². The third-order valence-electron chi connectivity index (χ3n) is 6.07. The molecule has 1 amide bonds. The van der Waals surface area contributed by atoms with Gasteiger partial charge in [0.15, 0.2) is 0 Å². The SMILES string of the molecule is C\C=C(/N=C\C(=C/C)C(F)(F)F)NC[C@@H]1C(C)CC(F)(F)CN1C(=O)C(=N)/C(=C\NC)c1cccc(OC)n1. The van der Waals surface area contributed by atoms with E-state index in [-0.39, 0.29) is 29.5 Å². The molecule has 0 bridgehead atoms. The van der Waals surface area contributed by atoms with Crippen LogP contribution in [0.4, 0.5) is 22.0 Å². The maximum absolute atomic E-state index is 14.6. The standard InChI is InChI=1S/C26H33F5N6O2/c1-6-17(26(29,30)31)12-34-21(7-2)35-14-20-16(3)11-25(27,28)15-37(20)24(38)23(32)18(13-33-4)19-9-8-10-22(36-19)39-5/h6-10,12-13,16,20,32-33,35H,11,14-15H2,1-5H3/b17-6+,18-13-,21-7+,32-23?,34-12-/t16?,20-/m1/s1. The normalized spacial score (nSPS) is 20.7. The van der Waals surface area contributed by atoms with Crippen LogP contribution in [0.1, 0.15) is 32.9 Å². The monoisotopic (exact) mass is 556 g/mol. The quantitative estimate of drug-likeness (QED) is 0.290. The highest BCUT2D eigenvalue weighted by molar-refractivity contribution is 6.54. The Morgan fingerprint density at radius 1 is 1.31 bits per heavy atom. The first-order valence-electron chi connectivity index (χ1n) is 12.1. The number of alkyl halides is 5. The Kier molecular flexibility index (Phi) is 10.8. The predicted molar refractivity (Wildman–Crippen MR) is 140 cm³/mol. The van der Waals surface area contributed by atoms with Gasteiger partial charge in [0.1, 0.15) is 11.5 Å². The fourth-order valence-corrected chi connectivity index (χ4v) is 4.12. The van der Waals surface area contributed by atoms with Gasteiger partial charge in [-0.25, -0.2) is 18.8 Å². The van der Waals surface area contributed by atoms with Crippen molar-refractivity contribution in [2.45, 2.75) is 45.3 Å². The number of carbonyl (C=O) groups is 1. The van der Waals surface area contributed by atoms with Crippen LogP contribution in [0.25, 0.3) is 5.57 Å². The highest BCUT2D eigenvalue weighted by Crippen LogP contribution is 2.35. The van der Waals surface area contributed by atoms with Crippen LogP contribution in [0.5, 0.6) is 5.88 Å². The van der Waals surface area contributed by atoms with Gasteiger partial charge in [-0.15, -0.1) is 0 Å². The zero-order valence-electron chi connectivity index (χ0n) is 22.4. The lowest BCUT2D eigenvalue weighted by molar-refractivity contribution is -0.145. The Bertz CT molecular complexity index is 1160. The van der Waals surface area contributed by atoms with Gasteiger partial charge in [0.2, 0.25) is 5.88 Å². The molecule has 214 valence electrons. The minimum absolute atomic E-state index is 0.0689. The number of halogens is 5. The molecule has 1 unspecified atom stereocenters. The Morgan fingerprint density at radius 2 is 2.00 bits per heavy atom. The van der Waals surface area contributed by atoms with Gasteiger partial charge in [-0.1, -0.05) is 19.1 Å². The summed E-state index contributed by atoms with van der Waals surface area (Å²) >= 11 is 0. The molecule has 1 fully saturated rings. The second-order valence-corrected chi connectivity index (χ2v) is 8.88. The van der Waals surface area contributed by atoms with Gasteiger partial charge < -0.3 is 20.3 Å². The molecule has 0 aromatic carbocycles. The number of ether oxygens (including phenoxy) is 1. The fourth-order valence-electron chi connectivity index (χ4n) is 4.12. The molecule has 1 saturated heterocycles. The number of hydrogen-bond donors (Lipinski definition) is 3. The molecule has 0 spiro atoms. The summed E-state index contributed by atoms with van der Waals surface area (Å²) in [6.07, 6.45) is -0.749. The number of allylic oxidation sites excluding steroid dienone is 3. The van der Waals surface area contributed by atoms with Crippen LogP contribution in [0.15, 0.2) is 52.9 Å². The Labute approximate surface area is 224 Å². The van der Waals surface area contributed by atoms with E-state index < -0.39 is 54.2 Å². The molecule has 0 saturated carbocycles. The van der Waals surface area contributed by atoms with Crippen LogP contribution >= 0.6 is 0 Å². The van der Waals surface area contributed by atoms with Crippen molar-refractivity contribution in [3.8, 4) is 5.88 Å². The number of piperidine rings is 1. The van der Waals surface area contributed by atoms with Crippen molar-refractivity contribution in [3.63, 3.8) is 0 Å². The van der Waals surface area contributed by atoms with E-state index in [1.54, 1.807) is 39.1 Å². The summed E-state index contributed by atoms with van der Waals surface area (Å²) in [4.78, 5) is 22.5. The second-order valence-electron chi connectivity index (χ2n) is 8.88. The highest BCUT2D eigenvalue weighted by atomic mass is 19.4. The number of amides is 1. The number of likely N-dealkylation sites (tertiary alicyclic amines) is 1. The number of hydrogen-bond acceptors (Lipinski definition) is 7. The summed E-state index contributed by atoms with van der Waals surface area (Å²) in [5, 5.41) is 14.2. The number of carbonyl (C=O) groups excluding carboxylic acids is 1. The molecule has 2 atom stereocenters. The lowest BCUT2D eigenvalue weighted by Gasteiger charge is -2.43. The second kappa shape index (κ2) is 13.3. The zero-order valence-corrected chi connectivity index (χ0v) is 22.4. The van der Waals surface area contributed by atoms with Gasteiger partial charge in [0, 0.05) is 44.1 Å². The van der Waals surface area contributed by atoms with Crippen molar-refractivity contribution in [1.29, 1.82) is 5.41 Å². The summed E-state index contributed by atoms with van der Waals surface area (Å²) in [6, 6.07) is 3.94. The van der Waals surface area contributed by atoms with Crippen LogP contribution < -0.4 is 15.4 Å². The first-order valence-corrected chi connectivity index (χ1v) is 12.1. The predicted octanol–water partition coefficient (Wildman–Crippen LogP) is 4.57. The highest BCUT2D eigenvalue weighted by Gasteiger charge is 2.47. The molecule has 0 aliphatic carbocycles. The molecule has 13 heteroatoms. The third kappa shape index (κ3) is 8.36. The van der Waals surface area contributed by atoms with Crippen LogP contribution in [-0.4, -0.2) is 73.1 Å². The minimum Gasteiger partial charge on any atom is -0.481 e. The van der Waals surface area contributed by atoms with Gasteiger partial charge in [-0.2, -0.15) is 13.2 Å². The lowest BCUT2D eigenvalue weighted by Crippen LogP contribution is -2.59. The van der Waals surface area contributed by atoms with E-state index in [0.29, 0.717) is 6.21 Å². The molecular weight excluding hydrogens is 523 g/mol. The molecule has 1 aliphatic heterocycles. The maximum atomic E-state index is 14.6. The number of aliphatic imine (C=N–C) groups is 1. The van der Waals surface area contributed by atoms with E-state index >= 15 is 0 Å². The zero-order chi connectivity index (χ0) is 29.4. The third-order valence-corrected chi connectivity index (χ3v) is 6.07. The average Bonchev–Trinajstić information content (AvgIpc) is 2.87. The molecule has 3 N–H and O–H groups in total. The molecule has 0 radical (unpaired) electrons. The first kappa shape index (κ1) is 31.4. The van der Waals surface area contributed by atoms with Crippen LogP contribution in [0.2, 0.25) is 0 Å². The lowest BCUT2D eigenvalue weighted by atomic mass is 9.87. The molecule has 8 nitrogen and oxygen atoms in total. The number of aromatic nitrogens is 1. The van der Waals surface area contributed by atoms with Crippen LogP contribution in [0.3, 0.4) is 0 Å². The molecule has 1 aromatic rings. The van der Waals surface area contributed by atoms with Crippen molar-refractivity contribution < 1.29 is 31.5 Å². The Balaban J connectivity index is 2.33. The number of pyridine rings is 1. The van der Waals surface area contributed by atoms with E-state index in [1.807, 2.05) is 0 Å². The summed E-state index contributed by atoms with van der Waals surface area (Å²) in [7, 11) is 2.96. The smallest absolute Gasteiger partial charge is 0.417 e. The number of methoxy groups -OCH3 is 1. The minimum atomic E-state index is -4.58. The van der Waals surface area contributed by atoms with Crippen molar-refractivity contribution >= 4 is 23.4 Å². The van der Waals surface area contributed by atoms with Crippen LogP contribution in [-0.2, 0) is 4.79 Å². The van der Waals surface area contributed by atoms with Gasteiger partial charge in [-0.3, -0.25) is 10.2 Å². The molecule has 1 aliphatic rings. The van der Waals surface area contributed by atoms with E-state index in [1.165, 1.54) is 26.3 Å². The molecule has 39 heavy (non-hydrogen) atoms. The summed E-state index contributed by atoms with van der Waals surface area (Å²) < 4.78 is 73.4.